The van der Waals surface area contributed by atoms with Gasteiger partial charge in [-0.1, -0.05) is 5.18 Å². The summed E-state index contributed by atoms with van der Waals surface area (Å²) in [4.78, 5) is 16.1. The summed E-state index contributed by atoms with van der Waals surface area (Å²) >= 11 is 0. The van der Waals surface area contributed by atoms with Crippen LogP contribution in [0.5, 0.6) is 0 Å². The smallest absolute Gasteiger partial charge is 0.244 e. The topological polar surface area (TPSA) is 78.2 Å². The van der Waals surface area contributed by atoms with Crippen molar-refractivity contribution in [2.75, 3.05) is 51.2 Å². The number of hydrogen-bond acceptors (Lipinski definition) is 6. The Morgan fingerprint density at radius 2 is 1.77 bits per heavy atom. The quantitative estimate of drug-likeness (QED) is 0.651. The molecular formula is C20H26FN5O3S. The van der Waals surface area contributed by atoms with E-state index in [9.17, 15) is 17.7 Å². The lowest BCUT2D eigenvalue weighted by molar-refractivity contribution is 0.249. The highest BCUT2D eigenvalue weighted by molar-refractivity contribution is 7.89. The number of hydrogen-bond donors (Lipinski definition) is 0. The van der Waals surface area contributed by atoms with Gasteiger partial charge in [-0.15, -0.1) is 0 Å². The second-order valence-electron chi connectivity index (χ2n) is 7.82. The van der Waals surface area contributed by atoms with E-state index in [1.165, 1.54) is 23.5 Å². The molecule has 0 radical (unpaired) electrons. The van der Waals surface area contributed by atoms with Crippen molar-refractivity contribution in [2.24, 2.45) is 5.18 Å². The maximum absolute atomic E-state index is 13.1. The van der Waals surface area contributed by atoms with Crippen LogP contribution in [0.25, 0.3) is 0 Å². The highest BCUT2D eigenvalue weighted by Gasteiger charge is 2.38. The Hall–Kier alpha value is -2.30. The molecule has 162 valence electrons. The Kier molecular flexibility index (Phi) is 5.90. The van der Waals surface area contributed by atoms with Crippen LogP contribution in [0.3, 0.4) is 0 Å². The fraction of sp³-hybridized carbons (Fsp3) is 0.500. The molecule has 0 bridgehead atoms. The summed E-state index contributed by atoms with van der Waals surface area (Å²) in [6, 6.07) is 7.48. The molecule has 2 aliphatic rings. The number of fused-ring (bicyclic) bond motifs is 1. The van der Waals surface area contributed by atoms with E-state index < -0.39 is 16.1 Å². The van der Waals surface area contributed by atoms with Gasteiger partial charge in [0, 0.05) is 58.2 Å². The number of sulfonamides is 1. The van der Waals surface area contributed by atoms with Gasteiger partial charge in [-0.05, 0) is 43.3 Å². The highest BCUT2D eigenvalue weighted by atomic mass is 32.2. The zero-order chi connectivity index (χ0) is 21.3. The number of aryl methyl sites for hydroxylation is 1. The maximum Gasteiger partial charge on any atom is 0.244 e. The van der Waals surface area contributed by atoms with Crippen molar-refractivity contribution < 1.29 is 12.8 Å². The SMILES string of the molecule is CN1CC(N=O)c2c(ccn2CCCN2CCN(c3ccc(F)cc3)CC2)S1(=O)=O. The number of benzene rings is 1. The summed E-state index contributed by atoms with van der Waals surface area (Å²) in [5.74, 6) is -0.226. The summed E-state index contributed by atoms with van der Waals surface area (Å²) in [6.45, 7) is 5.19. The zero-order valence-corrected chi connectivity index (χ0v) is 17.8. The van der Waals surface area contributed by atoms with Crippen molar-refractivity contribution in [3.63, 3.8) is 0 Å². The van der Waals surface area contributed by atoms with Gasteiger partial charge in [-0.3, -0.25) is 4.90 Å². The largest absolute Gasteiger partial charge is 0.369 e. The summed E-state index contributed by atoms with van der Waals surface area (Å²) in [5.41, 5.74) is 1.54. The average molecular weight is 436 g/mol. The average Bonchev–Trinajstić information content (AvgIpc) is 3.17. The zero-order valence-electron chi connectivity index (χ0n) is 16.9. The Morgan fingerprint density at radius 3 is 2.43 bits per heavy atom. The van der Waals surface area contributed by atoms with E-state index in [1.807, 2.05) is 16.7 Å². The molecule has 3 heterocycles. The molecule has 10 heteroatoms. The number of nitroso groups, excluding NO2 is 1. The van der Waals surface area contributed by atoms with Gasteiger partial charge in [-0.2, -0.15) is 9.21 Å². The molecule has 0 N–H and O–H groups in total. The molecule has 0 aliphatic carbocycles. The lowest BCUT2D eigenvalue weighted by Gasteiger charge is -2.36. The molecule has 1 fully saturated rings. The normalized spacial score (nSPS) is 22.1. The van der Waals surface area contributed by atoms with Crippen LogP contribution in [0, 0.1) is 10.7 Å². The number of rotatable bonds is 6. The lowest BCUT2D eigenvalue weighted by atomic mass is 10.2. The van der Waals surface area contributed by atoms with Crippen LogP contribution in [0.4, 0.5) is 10.1 Å². The Labute approximate surface area is 175 Å². The van der Waals surface area contributed by atoms with Crippen LogP contribution in [-0.4, -0.2) is 68.5 Å². The third-order valence-electron chi connectivity index (χ3n) is 5.97. The molecular weight excluding hydrogens is 409 g/mol. The summed E-state index contributed by atoms with van der Waals surface area (Å²) in [7, 11) is -2.08. The van der Waals surface area contributed by atoms with Gasteiger partial charge in [0.2, 0.25) is 10.0 Å². The molecule has 2 aromatic rings. The number of aromatic nitrogens is 1. The Morgan fingerprint density at radius 1 is 1.07 bits per heavy atom. The molecule has 4 rings (SSSR count). The minimum atomic E-state index is -3.55. The van der Waals surface area contributed by atoms with E-state index in [0.717, 1.165) is 44.8 Å². The van der Waals surface area contributed by atoms with E-state index in [-0.39, 0.29) is 17.3 Å². The van der Waals surface area contributed by atoms with Crippen molar-refractivity contribution in [3.05, 3.63) is 52.9 Å². The summed E-state index contributed by atoms with van der Waals surface area (Å²) in [6.07, 6.45) is 2.59. The van der Waals surface area contributed by atoms with Crippen molar-refractivity contribution in [1.82, 2.24) is 13.8 Å². The second kappa shape index (κ2) is 8.44. The first kappa shape index (κ1) is 21.0. The van der Waals surface area contributed by atoms with Crippen molar-refractivity contribution >= 4 is 15.7 Å². The van der Waals surface area contributed by atoms with Gasteiger partial charge in [0.05, 0.1) is 5.69 Å². The van der Waals surface area contributed by atoms with Crippen LogP contribution < -0.4 is 4.90 Å². The van der Waals surface area contributed by atoms with E-state index in [1.54, 1.807) is 12.3 Å². The molecule has 1 saturated heterocycles. The summed E-state index contributed by atoms with van der Waals surface area (Å²) in [5, 5.41) is 3.16. The van der Waals surface area contributed by atoms with Gasteiger partial charge < -0.3 is 9.47 Å². The number of nitrogens with zero attached hydrogens (tertiary/aromatic N) is 5. The number of halogens is 1. The predicted molar refractivity (Wildman–Crippen MR) is 112 cm³/mol. The lowest BCUT2D eigenvalue weighted by Crippen LogP contribution is -2.46. The molecule has 0 spiro atoms. The van der Waals surface area contributed by atoms with Crippen molar-refractivity contribution in [1.29, 1.82) is 0 Å². The number of piperazine rings is 1. The molecule has 0 amide bonds. The van der Waals surface area contributed by atoms with E-state index in [4.69, 9.17) is 0 Å². The van der Waals surface area contributed by atoms with Gasteiger partial charge in [-0.25, -0.2) is 12.8 Å². The van der Waals surface area contributed by atoms with Crippen LogP contribution in [0.2, 0.25) is 0 Å². The maximum atomic E-state index is 13.1. The molecule has 1 atom stereocenters. The standard InChI is InChI=1S/C20H26FN5O3S/c1-23-15-18(22-27)20-19(30(23,28)29)7-10-26(20)9-2-8-24-11-13-25(14-12-24)17-5-3-16(21)4-6-17/h3-7,10,18H,2,8-9,11-15H2,1H3. The molecule has 2 aliphatic heterocycles. The van der Waals surface area contributed by atoms with Crippen LogP contribution in [-0.2, 0) is 16.6 Å². The Bertz CT molecular complexity index is 1000. The van der Waals surface area contributed by atoms with Gasteiger partial charge >= 0.3 is 0 Å². The van der Waals surface area contributed by atoms with Crippen LogP contribution in [0.1, 0.15) is 18.2 Å². The van der Waals surface area contributed by atoms with E-state index in [2.05, 4.69) is 15.0 Å². The minimum Gasteiger partial charge on any atom is -0.369 e. The number of likely N-dealkylation sites (N-methyl/N-ethyl adjacent to an activating group) is 1. The first-order valence-electron chi connectivity index (χ1n) is 10.1. The monoisotopic (exact) mass is 435 g/mol. The van der Waals surface area contributed by atoms with Crippen molar-refractivity contribution in [3.8, 4) is 0 Å². The molecule has 1 unspecified atom stereocenters. The molecule has 1 aromatic carbocycles. The van der Waals surface area contributed by atoms with Crippen LogP contribution >= 0.6 is 0 Å². The fourth-order valence-electron chi connectivity index (χ4n) is 4.26. The molecule has 1 aromatic heterocycles. The Balaban J connectivity index is 1.33. The van der Waals surface area contributed by atoms with E-state index >= 15 is 0 Å². The highest BCUT2D eigenvalue weighted by Crippen LogP contribution is 2.34. The third kappa shape index (κ3) is 3.99. The minimum absolute atomic E-state index is 0.0776. The first-order valence-corrected chi connectivity index (χ1v) is 11.5. The van der Waals surface area contributed by atoms with E-state index in [0.29, 0.717) is 12.2 Å². The molecule has 30 heavy (non-hydrogen) atoms. The van der Waals surface area contributed by atoms with Crippen LogP contribution in [0.15, 0.2) is 46.6 Å². The fourth-order valence-corrected chi connectivity index (χ4v) is 5.68. The van der Waals surface area contributed by atoms with Gasteiger partial charge in [0.1, 0.15) is 16.8 Å². The first-order chi connectivity index (χ1) is 14.4. The van der Waals surface area contributed by atoms with Gasteiger partial charge in [0.25, 0.3) is 0 Å². The second-order valence-corrected chi connectivity index (χ2v) is 9.84. The predicted octanol–water partition coefficient (Wildman–Crippen LogP) is 2.28. The van der Waals surface area contributed by atoms with Gasteiger partial charge in [0.15, 0.2) is 0 Å². The molecule has 8 nitrogen and oxygen atoms in total. The number of anilines is 1. The molecule has 0 saturated carbocycles. The summed E-state index contributed by atoms with van der Waals surface area (Å²) < 4.78 is 41.1. The van der Waals surface area contributed by atoms with Crippen molar-refractivity contribution in [2.45, 2.75) is 23.9 Å². The third-order valence-corrected chi connectivity index (χ3v) is 7.84.